The number of thiocarbonyl (C=S) groups is 1. The van der Waals surface area contributed by atoms with Gasteiger partial charge in [0.15, 0.2) is 0 Å². The van der Waals surface area contributed by atoms with Gasteiger partial charge in [0.05, 0.1) is 16.9 Å². The Balaban J connectivity index is 2.54. The largest absolute Gasteiger partial charge is 0.392 e. The maximum atomic E-state index is 12.3. The maximum absolute atomic E-state index is 12.3. The third-order valence-electron chi connectivity index (χ3n) is 3.60. The van der Waals surface area contributed by atoms with Crippen LogP contribution in [0.1, 0.15) is 45.4 Å². The average Bonchev–Trinajstić information content (AvgIpc) is 2.42. The van der Waals surface area contributed by atoms with E-state index in [0.717, 1.165) is 25.7 Å². The van der Waals surface area contributed by atoms with Crippen molar-refractivity contribution in [2.24, 2.45) is 11.1 Å². The first-order valence-corrected chi connectivity index (χ1v) is 7.28. The van der Waals surface area contributed by atoms with Crippen LogP contribution in [-0.4, -0.2) is 29.9 Å². The van der Waals surface area contributed by atoms with Crippen molar-refractivity contribution in [2.45, 2.75) is 45.4 Å². The van der Waals surface area contributed by atoms with Crippen LogP contribution in [0.25, 0.3) is 0 Å². The fourth-order valence-electron chi connectivity index (χ4n) is 2.40. The van der Waals surface area contributed by atoms with Gasteiger partial charge in [0, 0.05) is 6.54 Å². The molecule has 4 N–H and O–H groups in total. The van der Waals surface area contributed by atoms with E-state index in [0.29, 0.717) is 19.4 Å². The van der Waals surface area contributed by atoms with Gasteiger partial charge in [-0.25, -0.2) is 0 Å². The Bertz CT molecular complexity index is 352. The number of rotatable bonds is 6. The smallest absolute Gasteiger partial charge is 0.239 e. The number of hydrogen-bond donors (Lipinski definition) is 3. The first-order valence-electron chi connectivity index (χ1n) is 6.88. The quantitative estimate of drug-likeness (QED) is 0.632. The molecule has 1 fully saturated rings. The summed E-state index contributed by atoms with van der Waals surface area (Å²) in [5.74, 6) is -0.379. The predicted octanol–water partition coefficient (Wildman–Crippen LogP) is 0.865. The predicted molar refractivity (Wildman–Crippen MR) is 78.6 cm³/mol. The van der Waals surface area contributed by atoms with E-state index in [9.17, 15) is 9.59 Å². The fourth-order valence-corrected chi connectivity index (χ4v) is 2.69. The van der Waals surface area contributed by atoms with Crippen LogP contribution >= 0.6 is 12.2 Å². The van der Waals surface area contributed by atoms with Gasteiger partial charge in [-0.05, 0) is 19.3 Å². The van der Waals surface area contributed by atoms with Gasteiger partial charge in [-0.2, -0.15) is 0 Å². The molecule has 6 heteroatoms. The number of nitrogens with one attached hydrogen (secondary N) is 2. The summed E-state index contributed by atoms with van der Waals surface area (Å²) in [6.07, 6.45) is 5.25. The molecule has 0 unspecified atom stereocenters. The van der Waals surface area contributed by atoms with Crippen LogP contribution in [0.3, 0.4) is 0 Å². The van der Waals surface area contributed by atoms with Crippen LogP contribution in [0.4, 0.5) is 0 Å². The summed E-state index contributed by atoms with van der Waals surface area (Å²) in [6.45, 7) is 2.58. The summed E-state index contributed by atoms with van der Waals surface area (Å²) >= 11 is 5.07. The molecular weight excluding hydrogens is 262 g/mol. The Hall–Kier alpha value is -1.17. The molecule has 0 aromatic heterocycles. The third-order valence-corrected chi connectivity index (χ3v) is 3.99. The second kappa shape index (κ2) is 7.43. The highest BCUT2D eigenvalue weighted by Gasteiger charge is 2.42. The molecule has 0 bridgehead atoms. The fraction of sp³-hybridized carbons (Fsp3) is 0.769. The Morgan fingerprint density at radius 1 is 1.21 bits per heavy atom. The number of carbonyl (C=O) groups is 2. The molecule has 1 rings (SSSR count). The van der Waals surface area contributed by atoms with Gasteiger partial charge in [-0.15, -0.1) is 0 Å². The van der Waals surface area contributed by atoms with E-state index in [-0.39, 0.29) is 23.3 Å². The van der Waals surface area contributed by atoms with Gasteiger partial charge in [-0.1, -0.05) is 38.4 Å². The number of nitrogens with two attached hydrogens (primary N) is 1. The zero-order valence-electron chi connectivity index (χ0n) is 11.5. The van der Waals surface area contributed by atoms with E-state index in [2.05, 4.69) is 10.6 Å². The second-order valence-electron chi connectivity index (χ2n) is 5.04. The molecule has 0 aromatic rings. The first kappa shape index (κ1) is 15.9. The number of hydrogen-bond acceptors (Lipinski definition) is 3. The van der Waals surface area contributed by atoms with Crippen LogP contribution in [-0.2, 0) is 9.59 Å². The monoisotopic (exact) mass is 285 g/mol. The number of carbonyl (C=O) groups excluding carboxylic acids is 2. The Morgan fingerprint density at radius 2 is 1.84 bits per heavy atom. The van der Waals surface area contributed by atoms with Gasteiger partial charge >= 0.3 is 0 Å². The van der Waals surface area contributed by atoms with E-state index in [1.54, 1.807) is 0 Å². The molecule has 0 spiro atoms. The van der Waals surface area contributed by atoms with Crippen molar-refractivity contribution in [1.82, 2.24) is 10.6 Å². The highest BCUT2D eigenvalue weighted by molar-refractivity contribution is 7.80. The van der Waals surface area contributed by atoms with Crippen molar-refractivity contribution in [1.29, 1.82) is 0 Å². The van der Waals surface area contributed by atoms with Gasteiger partial charge in [0.25, 0.3) is 0 Å². The SMILES string of the molecule is CCCNC(=O)CNC(=O)C1(C(N)=S)CCCCC1. The van der Waals surface area contributed by atoms with Gasteiger partial charge in [-0.3, -0.25) is 9.59 Å². The van der Waals surface area contributed by atoms with E-state index < -0.39 is 5.41 Å². The summed E-state index contributed by atoms with van der Waals surface area (Å²) in [5.41, 5.74) is 5.01. The molecule has 0 heterocycles. The minimum atomic E-state index is -0.751. The van der Waals surface area contributed by atoms with Crippen molar-refractivity contribution in [3.63, 3.8) is 0 Å². The number of amides is 2. The highest BCUT2D eigenvalue weighted by Crippen LogP contribution is 2.36. The van der Waals surface area contributed by atoms with E-state index >= 15 is 0 Å². The lowest BCUT2D eigenvalue weighted by molar-refractivity contribution is -0.131. The lowest BCUT2D eigenvalue weighted by atomic mass is 9.73. The van der Waals surface area contributed by atoms with Crippen LogP contribution in [0.15, 0.2) is 0 Å². The lowest BCUT2D eigenvalue weighted by Gasteiger charge is -2.34. The standard InChI is InChI=1S/C13H23N3O2S/c1-2-8-15-10(17)9-16-12(18)13(11(14)19)6-4-3-5-7-13/h2-9H2,1H3,(H2,14,19)(H,15,17)(H,16,18). The summed E-state index contributed by atoms with van der Waals surface area (Å²) in [6, 6.07) is 0. The van der Waals surface area contributed by atoms with E-state index in [1.807, 2.05) is 6.92 Å². The van der Waals surface area contributed by atoms with Crippen molar-refractivity contribution < 1.29 is 9.59 Å². The molecule has 0 radical (unpaired) electrons. The van der Waals surface area contributed by atoms with Crippen LogP contribution in [0.5, 0.6) is 0 Å². The molecular formula is C13H23N3O2S. The van der Waals surface area contributed by atoms with Crippen LogP contribution in [0.2, 0.25) is 0 Å². The van der Waals surface area contributed by atoms with E-state index in [4.69, 9.17) is 18.0 Å². The minimum absolute atomic E-state index is 0.0107. The molecule has 1 aliphatic rings. The molecule has 2 amide bonds. The maximum Gasteiger partial charge on any atom is 0.239 e. The molecule has 0 aromatic carbocycles. The van der Waals surface area contributed by atoms with Crippen molar-refractivity contribution in [2.75, 3.05) is 13.1 Å². The molecule has 1 aliphatic carbocycles. The summed E-state index contributed by atoms with van der Waals surface area (Å²) in [5, 5.41) is 5.38. The van der Waals surface area contributed by atoms with Crippen LogP contribution in [0, 0.1) is 5.41 Å². The second-order valence-corrected chi connectivity index (χ2v) is 5.48. The van der Waals surface area contributed by atoms with Crippen molar-refractivity contribution >= 4 is 29.0 Å². The molecule has 19 heavy (non-hydrogen) atoms. The molecule has 0 atom stereocenters. The Morgan fingerprint density at radius 3 is 2.37 bits per heavy atom. The van der Waals surface area contributed by atoms with Crippen molar-refractivity contribution in [3.05, 3.63) is 0 Å². The van der Waals surface area contributed by atoms with Crippen molar-refractivity contribution in [3.8, 4) is 0 Å². The zero-order valence-corrected chi connectivity index (χ0v) is 12.3. The first-order chi connectivity index (χ1) is 9.03. The normalized spacial score (nSPS) is 17.5. The third kappa shape index (κ3) is 4.16. The Kier molecular flexibility index (Phi) is 6.21. The summed E-state index contributed by atoms with van der Waals surface area (Å²) in [7, 11) is 0. The molecule has 5 nitrogen and oxygen atoms in total. The molecule has 108 valence electrons. The van der Waals surface area contributed by atoms with Gasteiger partial charge < -0.3 is 16.4 Å². The van der Waals surface area contributed by atoms with Gasteiger partial charge in [0.2, 0.25) is 11.8 Å². The highest BCUT2D eigenvalue weighted by atomic mass is 32.1. The van der Waals surface area contributed by atoms with E-state index in [1.165, 1.54) is 0 Å². The Labute approximate surface area is 119 Å². The molecule has 0 saturated heterocycles. The topological polar surface area (TPSA) is 84.2 Å². The lowest BCUT2D eigenvalue weighted by Crippen LogP contribution is -2.51. The van der Waals surface area contributed by atoms with Gasteiger partial charge in [0.1, 0.15) is 0 Å². The van der Waals surface area contributed by atoms with Crippen LogP contribution < -0.4 is 16.4 Å². The summed E-state index contributed by atoms with van der Waals surface area (Å²) in [4.78, 5) is 24.0. The molecule has 0 aliphatic heterocycles. The average molecular weight is 285 g/mol. The zero-order chi connectivity index (χ0) is 14.3. The minimum Gasteiger partial charge on any atom is -0.392 e. The summed E-state index contributed by atoms with van der Waals surface area (Å²) < 4.78 is 0. The molecule has 1 saturated carbocycles.